The Morgan fingerprint density at radius 2 is 1.02 bits per heavy atom. The van der Waals surface area contributed by atoms with Crippen LogP contribution in [0.1, 0.15) is 77.8 Å². The minimum Gasteiger partial charge on any atom is -0.354 e. The molecular weight excluding hydrogens is 751 g/mol. The fourth-order valence-electron chi connectivity index (χ4n) is 10.3. The van der Waals surface area contributed by atoms with Gasteiger partial charge in [-0.25, -0.2) is 0 Å². The zero-order chi connectivity index (χ0) is 42.2. The van der Waals surface area contributed by atoms with Gasteiger partial charge in [0.25, 0.3) is 0 Å². The van der Waals surface area contributed by atoms with Crippen molar-refractivity contribution in [1.82, 2.24) is 5.32 Å². The lowest BCUT2D eigenvalue weighted by atomic mass is 9.82. The monoisotopic (exact) mass is 797 g/mol. The Morgan fingerprint density at radius 1 is 0.468 bits per heavy atom. The SMILES string of the molecule is CC1(C)c2ccccc2-c2ccc(N(c3ccc4c(c3)/C(=C(/C(=N)c3ccccc3)c3ccccc3)NC(c3ccccc3)=C4)c3cccc4c3-c3ccccc3C4(C)C)cc21. The third-order valence-electron chi connectivity index (χ3n) is 13.5. The van der Waals surface area contributed by atoms with Gasteiger partial charge in [-0.3, -0.25) is 5.41 Å². The average Bonchev–Trinajstić information content (AvgIpc) is 3.69. The molecule has 8 aromatic rings. The van der Waals surface area contributed by atoms with Gasteiger partial charge >= 0.3 is 0 Å². The second-order valence-electron chi connectivity index (χ2n) is 17.8. The van der Waals surface area contributed by atoms with Crippen molar-refractivity contribution in [3.63, 3.8) is 0 Å². The van der Waals surface area contributed by atoms with Crippen molar-refractivity contribution in [3.05, 3.63) is 244 Å². The summed E-state index contributed by atoms with van der Waals surface area (Å²) in [5.74, 6) is 0. The van der Waals surface area contributed by atoms with Gasteiger partial charge in [-0.15, -0.1) is 0 Å². The highest BCUT2D eigenvalue weighted by Crippen LogP contribution is 2.56. The van der Waals surface area contributed by atoms with Crippen LogP contribution in [0.5, 0.6) is 0 Å². The van der Waals surface area contributed by atoms with Crippen LogP contribution in [0.15, 0.2) is 194 Å². The first kappa shape index (κ1) is 37.5. The number of hydrogen-bond donors (Lipinski definition) is 2. The molecule has 0 bridgehead atoms. The molecule has 298 valence electrons. The van der Waals surface area contributed by atoms with E-state index in [1.807, 2.05) is 36.4 Å². The first-order chi connectivity index (χ1) is 30.2. The van der Waals surface area contributed by atoms with Gasteiger partial charge in [0.05, 0.1) is 17.1 Å². The van der Waals surface area contributed by atoms with Gasteiger partial charge in [0, 0.05) is 50.2 Å². The first-order valence-electron chi connectivity index (χ1n) is 21.6. The van der Waals surface area contributed by atoms with E-state index >= 15 is 0 Å². The molecule has 0 saturated carbocycles. The highest BCUT2D eigenvalue weighted by Gasteiger charge is 2.39. The molecule has 0 aromatic heterocycles. The van der Waals surface area contributed by atoms with Crippen molar-refractivity contribution in [2.24, 2.45) is 0 Å². The third kappa shape index (κ3) is 5.84. The third-order valence-corrected chi connectivity index (χ3v) is 13.5. The van der Waals surface area contributed by atoms with E-state index in [0.29, 0.717) is 5.71 Å². The number of nitrogens with zero attached hydrogens (tertiary/aromatic N) is 1. The molecule has 11 rings (SSSR count). The number of anilines is 3. The zero-order valence-electron chi connectivity index (χ0n) is 35.5. The Balaban J connectivity index is 1.19. The lowest BCUT2D eigenvalue weighted by molar-refractivity contribution is 0.660. The summed E-state index contributed by atoms with van der Waals surface area (Å²) >= 11 is 0. The molecule has 2 N–H and O–H groups in total. The summed E-state index contributed by atoms with van der Waals surface area (Å²) in [5.41, 5.74) is 21.7. The normalized spacial score (nSPS) is 15.5. The molecule has 0 atom stereocenters. The fourth-order valence-corrected chi connectivity index (χ4v) is 10.3. The van der Waals surface area contributed by atoms with E-state index in [9.17, 15) is 5.41 Å². The maximum Gasteiger partial charge on any atom is 0.0711 e. The van der Waals surface area contributed by atoms with E-state index in [1.54, 1.807) is 0 Å². The number of fused-ring (bicyclic) bond motifs is 7. The van der Waals surface area contributed by atoms with Crippen molar-refractivity contribution in [2.45, 2.75) is 38.5 Å². The lowest BCUT2D eigenvalue weighted by Crippen LogP contribution is -2.21. The van der Waals surface area contributed by atoms with E-state index in [0.717, 1.165) is 61.8 Å². The first-order valence-corrected chi connectivity index (χ1v) is 21.6. The Kier molecular flexibility index (Phi) is 8.66. The summed E-state index contributed by atoms with van der Waals surface area (Å²) < 4.78 is 0. The van der Waals surface area contributed by atoms with Crippen molar-refractivity contribution in [3.8, 4) is 22.3 Å². The van der Waals surface area contributed by atoms with Crippen LogP contribution < -0.4 is 10.2 Å². The summed E-state index contributed by atoms with van der Waals surface area (Å²) in [6.45, 7) is 9.42. The standard InChI is InChI=1S/C59H47N3/c1-58(2)49-28-17-15-26-46(49)55-50(58)29-18-30-53(55)62(43-33-34-45-44-25-14-16-27-48(44)59(3,4)51(45)37-43)42-32-31-41-35-52(38-19-8-5-9-20-38)61-57(47(41)36-42)54(39-21-10-6-11-22-39)56(60)40-23-12-7-13-24-40/h5-37,60-61H,1-4H3/b57-54-,60-56?. The van der Waals surface area contributed by atoms with Gasteiger partial charge in [0.1, 0.15) is 0 Å². The molecular formula is C59H47N3. The largest absolute Gasteiger partial charge is 0.354 e. The molecule has 0 radical (unpaired) electrons. The number of hydrogen-bond acceptors (Lipinski definition) is 3. The molecule has 0 saturated heterocycles. The van der Waals surface area contributed by atoms with Gasteiger partial charge in [-0.05, 0) is 92.0 Å². The summed E-state index contributed by atoms with van der Waals surface area (Å²) in [7, 11) is 0. The lowest BCUT2D eigenvalue weighted by Gasteiger charge is -2.32. The van der Waals surface area contributed by atoms with Gasteiger partial charge in [-0.2, -0.15) is 0 Å². The second kappa shape index (κ2) is 14.3. The van der Waals surface area contributed by atoms with Crippen LogP contribution in [0.25, 0.3) is 45.3 Å². The van der Waals surface area contributed by atoms with Crippen LogP contribution in [-0.4, -0.2) is 5.71 Å². The van der Waals surface area contributed by atoms with Crippen LogP contribution in [0.3, 0.4) is 0 Å². The number of nitrogens with one attached hydrogen (secondary N) is 2. The summed E-state index contributed by atoms with van der Waals surface area (Å²) in [6.07, 6.45) is 2.26. The highest BCUT2D eigenvalue weighted by molar-refractivity contribution is 6.36. The van der Waals surface area contributed by atoms with Crippen LogP contribution in [-0.2, 0) is 10.8 Å². The maximum absolute atomic E-state index is 9.91. The predicted molar refractivity (Wildman–Crippen MR) is 260 cm³/mol. The minimum atomic E-state index is -0.169. The fraction of sp³-hybridized carbons (Fsp3) is 0.102. The van der Waals surface area contributed by atoms with Crippen molar-refractivity contribution in [1.29, 1.82) is 5.41 Å². The summed E-state index contributed by atoms with van der Waals surface area (Å²) in [6, 6.07) is 69.6. The molecule has 8 aromatic carbocycles. The topological polar surface area (TPSA) is 39.1 Å². The average molecular weight is 798 g/mol. The van der Waals surface area contributed by atoms with Crippen molar-refractivity contribution < 1.29 is 0 Å². The number of rotatable bonds is 7. The quantitative estimate of drug-likeness (QED) is 0.158. The number of benzene rings is 8. The molecule has 2 aliphatic carbocycles. The molecule has 0 fully saturated rings. The Labute approximate surface area is 364 Å². The van der Waals surface area contributed by atoms with E-state index < -0.39 is 0 Å². The maximum atomic E-state index is 9.91. The molecule has 3 nitrogen and oxygen atoms in total. The molecule has 1 heterocycles. The second-order valence-corrected chi connectivity index (χ2v) is 17.8. The molecule has 1 aliphatic heterocycles. The Bertz CT molecular complexity index is 3150. The van der Waals surface area contributed by atoms with Crippen LogP contribution in [0.2, 0.25) is 0 Å². The van der Waals surface area contributed by atoms with Crippen LogP contribution in [0.4, 0.5) is 17.1 Å². The minimum absolute atomic E-state index is 0.161. The Hall–Kier alpha value is -7.49. The smallest absolute Gasteiger partial charge is 0.0711 e. The molecule has 0 unspecified atom stereocenters. The van der Waals surface area contributed by atoms with E-state index in [4.69, 9.17) is 0 Å². The van der Waals surface area contributed by atoms with Gasteiger partial charge in [-0.1, -0.05) is 191 Å². The molecule has 3 heteroatoms. The predicted octanol–water partition coefficient (Wildman–Crippen LogP) is 14.8. The van der Waals surface area contributed by atoms with Crippen molar-refractivity contribution in [2.75, 3.05) is 4.90 Å². The van der Waals surface area contributed by atoms with E-state index in [1.165, 1.54) is 44.5 Å². The van der Waals surface area contributed by atoms with Gasteiger partial charge in [0.2, 0.25) is 0 Å². The number of allylic oxidation sites excluding steroid dienone is 1. The highest BCUT2D eigenvalue weighted by atomic mass is 15.1. The van der Waals surface area contributed by atoms with Crippen LogP contribution in [0, 0.1) is 5.41 Å². The summed E-state index contributed by atoms with van der Waals surface area (Å²) in [4.78, 5) is 2.48. The van der Waals surface area contributed by atoms with Gasteiger partial charge < -0.3 is 10.2 Å². The Morgan fingerprint density at radius 3 is 1.74 bits per heavy atom. The molecule has 0 amide bonds. The van der Waals surface area contributed by atoms with E-state index in [2.05, 4.69) is 202 Å². The summed E-state index contributed by atoms with van der Waals surface area (Å²) in [5, 5.41) is 13.8. The van der Waals surface area contributed by atoms with Gasteiger partial charge in [0.15, 0.2) is 0 Å². The van der Waals surface area contributed by atoms with E-state index in [-0.39, 0.29) is 10.8 Å². The molecule has 0 spiro atoms. The van der Waals surface area contributed by atoms with Crippen LogP contribution >= 0.6 is 0 Å². The molecule has 62 heavy (non-hydrogen) atoms. The molecule has 3 aliphatic rings. The van der Waals surface area contributed by atoms with Crippen molar-refractivity contribution >= 4 is 45.8 Å². The zero-order valence-corrected chi connectivity index (χ0v) is 35.5.